The molecule has 7 nitrogen and oxygen atoms in total. The van der Waals surface area contributed by atoms with E-state index >= 15 is 0 Å². The standard InChI is InChI=1S/C13H13N5O2/c1-8-14-9-6-4-5-7-10(9)18(8)11-15-12(19-2)17-13(16-11)20-3/h4-7H,1-3H3. The van der Waals surface area contributed by atoms with Gasteiger partial charge in [-0.3, -0.25) is 4.57 Å². The number of methoxy groups -OCH3 is 2. The minimum Gasteiger partial charge on any atom is -0.467 e. The first-order valence-electron chi connectivity index (χ1n) is 6.01. The highest BCUT2D eigenvalue weighted by Gasteiger charge is 2.14. The zero-order chi connectivity index (χ0) is 14.1. The highest BCUT2D eigenvalue weighted by Crippen LogP contribution is 2.20. The van der Waals surface area contributed by atoms with Crippen molar-refractivity contribution in [2.75, 3.05) is 14.2 Å². The average molecular weight is 271 g/mol. The lowest BCUT2D eigenvalue weighted by molar-refractivity contribution is 0.339. The second-order valence-electron chi connectivity index (χ2n) is 4.09. The number of aromatic nitrogens is 5. The van der Waals surface area contributed by atoms with E-state index in [4.69, 9.17) is 9.47 Å². The van der Waals surface area contributed by atoms with Crippen molar-refractivity contribution >= 4 is 11.0 Å². The Kier molecular flexibility index (Phi) is 2.94. The van der Waals surface area contributed by atoms with Crippen molar-refractivity contribution in [3.05, 3.63) is 30.1 Å². The highest BCUT2D eigenvalue weighted by molar-refractivity contribution is 5.77. The molecule has 0 saturated heterocycles. The van der Waals surface area contributed by atoms with Crippen molar-refractivity contribution in [2.45, 2.75) is 6.92 Å². The molecule has 0 aliphatic rings. The minimum atomic E-state index is 0.198. The third kappa shape index (κ3) is 1.93. The van der Waals surface area contributed by atoms with Gasteiger partial charge in [0.1, 0.15) is 5.82 Å². The van der Waals surface area contributed by atoms with Crippen LogP contribution < -0.4 is 9.47 Å². The molecule has 0 aliphatic carbocycles. The number of imidazole rings is 1. The van der Waals surface area contributed by atoms with Crippen LogP contribution in [0.1, 0.15) is 5.82 Å². The Morgan fingerprint density at radius 2 is 1.55 bits per heavy atom. The van der Waals surface area contributed by atoms with Crippen LogP contribution in [0.4, 0.5) is 0 Å². The van der Waals surface area contributed by atoms with Crippen molar-refractivity contribution in [1.82, 2.24) is 24.5 Å². The van der Waals surface area contributed by atoms with E-state index in [1.807, 2.05) is 35.8 Å². The summed E-state index contributed by atoms with van der Waals surface area (Å²) >= 11 is 0. The van der Waals surface area contributed by atoms with Gasteiger partial charge in [-0.2, -0.15) is 9.97 Å². The molecule has 0 unspecified atom stereocenters. The number of ether oxygens (including phenoxy) is 2. The van der Waals surface area contributed by atoms with Crippen LogP contribution >= 0.6 is 0 Å². The Morgan fingerprint density at radius 3 is 2.20 bits per heavy atom. The molecule has 0 spiro atoms. The quantitative estimate of drug-likeness (QED) is 0.719. The smallest absolute Gasteiger partial charge is 0.324 e. The fraction of sp³-hybridized carbons (Fsp3) is 0.231. The normalized spacial score (nSPS) is 10.8. The summed E-state index contributed by atoms with van der Waals surface area (Å²) in [5, 5.41) is 0. The molecule has 102 valence electrons. The van der Waals surface area contributed by atoms with Crippen LogP contribution in [0, 0.1) is 6.92 Å². The number of para-hydroxylation sites is 2. The Morgan fingerprint density at radius 1 is 0.900 bits per heavy atom. The monoisotopic (exact) mass is 271 g/mol. The summed E-state index contributed by atoms with van der Waals surface area (Å²) in [7, 11) is 2.99. The number of fused-ring (bicyclic) bond motifs is 1. The summed E-state index contributed by atoms with van der Waals surface area (Å²) < 4.78 is 12.0. The molecule has 0 bridgehead atoms. The second-order valence-corrected chi connectivity index (χ2v) is 4.09. The first-order chi connectivity index (χ1) is 9.72. The lowest BCUT2D eigenvalue weighted by atomic mass is 10.3. The van der Waals surface area contributed by atoms with Crippen LogP contribution in [0.2, 0.25) is 0 Å². The zero-order valence-corrected chi connectivity index (χ0v) is 11.4. The minimum absolute atomic E-state index is 0.198. The van der Waals surface area contributed by atoms with Gasteiger partial charge in [-0.25, -0.2) is 4.98 Å². The maximum atomic E-state index is 5.07. The number of benzene rings is 1. The first kappa shape index (κ1) is 12.3. The molecule has 0 amide bonds. The molecule has 0 radical (unpaired) electrons. The Balaban J connectivity index is 2.27. The lowest BCUT2D eigenvalue weighted by Crippen LogP contribution is -2.07. The van der Waals surface area contributed by atoms with Crippen LogP contribution in [-0.2, 0) is 0 Å². The summed E-state index contributed by atoms with van der Waals surface area (Å²) in [6.45, 7) is 1.89. The maximum absolute atomic E-state index is 5.07. The van der Waals surface area contributed by atoms with Crippen LogP contribution in [0.15, 0.2) is 24.3 Å². The molecular formula is C13H13N5O2. The fourth-order valence-electron chi connectivity index (χ4n) is 2.01. The van der Waals surface area contributed by atoms with Crippen LogP contribution in [0.3, 0.4) is 0 Å². The molecular weight excluding hydrogens is 258 g/mol. The lowest BCUT2D eigenvalue weighted by Gasteiger charge is -2.07. The van der Waals surface area contributed by atoms with Gasteiger partial charge in [0.15, 0.2) is 0 Å². The molecule has 0 aliphatic heterocycles. The highest BCUT2D eigenvalue weighted by atomic mass is 16.5. The van der Waals surface area contributed by atoms with E-state index in [1.54, 1.807) is 0 Å². The summed E-state index contributed by atoms with van der Waals surface area (Å²) in [5.41, 5.74) is 1.80. The third-order valence-electron chi connectivity index (χ3n) is 2.88. The summed E-state index contributed by atoms with van der Waals surface area (Å²) in [4.78, 5) is 17.0. The van der Waals surface area contributed by atoms with Gasteiger partial charge in [0, 0.05) is 0 Å². The number of nitrogens with zero attached hydrogens (tertiary/aromatic N) is 5. The van der Waals surface area contributed by atoms with E-state index in [0.717, 1.165) is 16.9 Å². The Labute approximate surface area is 115 Å². The predicted octanol–water partition coefficient (Wildman–Crippen LogP) is 1.54. The van der Waals surface area contributed by atoms with Gasteiger partial charge in [-0.1, -0.05) is 12.1 Å². The van der Waals surface area contributed by atoms with Gasteiger partial charge in [0.25, 0.3) is 0 Å². The molecule has 20 heavy (non-hydrogen) atoms. The molecule has 0 saturated carbocycles. The molecule has 0 N–H and O–H groups in total. The molecule has 7 heteroatoms. The van der Waals surface area contributed by atoms with Gasteiger partial charge in [0.05, 0.1) is 25.3 Å². The zero-order valence-electron chi connectivity index (χ0n) is 11.4. The van der Waals surface area contributed by atoms with E-state index < -0.39 is 0 Å². The van der Waals surface area contributed by atoms with E-state index in [2.05, 4.69) is 19.9 Å². The van der Waals surface area contributed by atoms with E-state index in [1.165, 1.54) is 14.2 Å². The topological polar surface area (TPSA) is 75.0 Å². The number of aryl methyl sites for hydroxylation is 1. The summed E-state index contributed by atoms with van der Waals surface area (Å²) in [5.74, 6) is 1.20. The van der Waals surface area contributed by atoms with Gasteiger partial charge in [-0.15, -0.1) is 4.98 Å². The van der Waals surface area contributed by atoms with Crippen LogP contribution in [0.25, 0.3) is 17.0 Å². The van der Waals surface area contributed by atoms with Crippen molar-refractivity contribution in [3.8, 4) is 18.0 Å². The number of hydrogen-bond acceptors (Lipinski definition) is 6. The van der Waals surface area contributed by atoms with Gasteiger partial charge in [-0.05, 0) is 19.1 Å². The average Bonchev–Trinajstić information content (AvgIpc) is 2.82. The van der Waals surface area contributed by atoms with Gasteiger partial charge < -0.3 is 9.47 Å². The SMILES string of the molecule is COc1nc(OC)nc(-n2c(C)nc3ccccc32)n1. The molecule has 0 fully saturated rings. The number of hydrogen-bond donors (Lipinski definition) is 0. The fourth-order valence-corrected chi connectivity index (χ4v) is 2.01. The largest absolute Gasteiger partial charge is 0.467 e. The maximum Gasteiger partial charge on any atom is 0.324 e. The van der Waals surface area contributed by atoms with Gasteiger partial charge in [0.2, 0.25) is 5.95 Å². The summed E-state index contributed by atoms with van der Waals surface area (Å²) in [6.07, 6.45) is 0. The van der Waals surface area contributed by atoms with Crippen LogP contribution in [-0.4, -0.2) is 38.7 Å². The van der Waals surface area contributed by atoms with Crippen molar-refractivity contribution in [1.29, 1.82) is 0 Å². The molecule has 0 atom stereocenters. The van der Waals surface area contributed by atoms with Gasteiger partial charge >= 0.3 is 12.0 Å². The predicted molar refractivity (Wildman–Crippen MR) is 72.3 cm³/mol. The molecule has 3 rings (SSSR count). The van der Waals surface area contributed by atoms with E-state index in [0.29, 0.717) is 5.95 Å². The van der Waals surface area contributed by atoms with Crippen molar-refractivity contribution < 1.29 is 9.47 Å². The van der Waals surface area contributed by atoms with Crippen molar-refractivity contribution in [3.63, 3.8) is 0 Å². The summed E-state index contributed by atoms with van der Waals surface area (Å²) in [6, 6.07) is 8.17. The van der Waals surface area contributed by atoms with E-state index in [-0.39, 0.29) is 12.0 Å². The Bertz CT molecular complexity index is 746. The molecule has 2 heterocycles. The van der Waals surface area contributed by atoms with E-state index in [9.17, 15) is 0 Å². The molecule has 3 aromatic rings. The first-order valence-corrected chi connectivity index (χ1v) is 6.01. The van der Waals surface area contributed by atoms with Crippen LogP contribution in [0.5, 0.6) is 12.0 Å². The third-order valence-corrected chi connectivity index (χ3v) is 2.88. The Hall–Kier alpha value is -2.70. The molecule has 1 aromatic carbocycles. The van der Waals surface area contributed by atoms with Crippen molar-refractivity contribution in [2.24, 2.45) is 0 Å². The second kappa shape index (κ2) is 4.76. The molecule has 2 aromatic heterocycles. The number of rotatable bonds is 3.